The number of aryl methyl sites for hydroxylation is 2. The van der Waals surface area contributed by atoms with Crippen molar-refractivity contribution < 1.29 is 9.53 Å². The number of rotatable bonds is 7. The van der Waals surface area contributed by atoms with Crippen LogP contribution in [0.3, 0.4) is 0 Å². The first-order valence-electron chi connectivity index (χ1n) is 8.05. The lowest BCUT2D eigenvalue weighted by Gasteiger charge is -2.07. The first-order valence-corrected chi connectivity index (χ1v) is 8.05. The molecule has 0 unspecified atom stereocenters. The van der Waals surface area contributed by atoms with Gasteiger partial charge in [-0.3, -0.25) is 4.99 Å². The second-order valence-corrected chi connectivity index (χ2v) is 5.42. The van der Waals surface area contributed by atoms with E-state index in [2.05, 4.69) is 18.8 Å². The molecule has 0 aliphatic heterocycles. The zero-order chi connectivity index (χ0) is 16.5. The van der Waals surface area contributed by atoms with Crippen molar-refractivity contribution in [1.82, 2.24) is 0 Å². The first kappa shape index (κ1) is 16.9. The van der Waals surface area contributed by atoms with Gasteiger partial charge in [0, 0.05) is 6.21 Å². The van der Waals surface area contributed by atoms with Crippen LogP contribution in [0.2, 0.25) is 0 Å². The van der Waals surface area contributed by atoms with Crippen LogP contribution >= 0.6 is 0 Å². The molecule has 2 rings (SSSR count). The third-order valence-electron chi connectivity index (χ3n) is 3.67. The molecular formula is C20H23NO2. The van der Waals surface area contributed by atoms with Gasteiger partial charge in [-0.05, 0) is 61.6 Å². The number of ether oxygens (including phenoxy) is 1. The Morgan fingerprint density at radius 1 is 1.17 bits per heavy atom. The van der Waals surface area contributed by atoms with Crippen LogP contribution in [0.5, 0.6) is 0 Å². The lowest BCUT2D eigenvalue weighted by Crippen LogP contribution is -2.07. The monoisotopic (exact) mass is 309 g/mol. The molecule has 2 aromatic rings. The predicted molar refractivity (Wildman–Crippen MR) is 94.7 cm³/mol. The summed E-state index contributed by atoms with van der Waals surface area (Å²) in [6.45, 7) is 4.55. The van der Waals surface area contributed by atoms with Crippen LogP contribution in [0.1, 0.15) is 41.3 Å². The molecule has 0 bridgehead atoms. The summed E-state index contributed by atoms with van der Waals surface area (Å²) in [4.78, 5) is 16.4. The molecule has 0 spiro atoms. The van der Waals surface area contributed by atoms with Gasteiger partial charge in [0.2, 0.25) is 0 Å². The standard InChI is InChI=1S/C20H23NO2/c1-3-17-15-18(12-11-16(17)2)20(22)23-14-8-7-13-21-19-9-5-4-6-10-19/h4-6,9-13,15H,3,7-8,14H2,1-2H3. The highest BCUT2D eigenvalue weighted by Gasteiger charge is 2.08. The van der Waals surface area contributed by atoms with Gasteiger partial charge in [-0.15, -0.1) is 0 Å². The highest BCUT2D eigenvalue weighted by atomic mass is 16.5. The maximum absolute atomic E-state index is 12.0. The Balaban J connectivity index is 1.74. The van der Waals surface area contributed by atoms with E-state index >= 15 is 0 Å². The molecule has 3 heteroatoms. The zero-order valence-corrected chi connectivity index (χ0v) is 13.8. The molecule has 0 N–H and O–H groups in total. The van der Waals surface area contributed by atoms with E-state index in [1.165, 1.54) is 11.1 Å². The Kier molecular flexibility index (Phi) is 6.55. The van der Waals surface area contributed by atoms with Gasteiger partial charge in [-0.1, -0.05) is 31.2 Å². The minimum atomic E-state index is -0.250. The number of nitrogens with zero attached hydrogens (tertiary/aromatic N) is 1. The average Bonchev–Trinajstić information content (AvgIpc) is 2.59. The molecule has 0 amide bonds. The minimum Gasteiger partial charge on any atom is -0.462 e. The van der Waals surface area contributed by atoms with E-state index in [4.69, 9.17) is 4.74 Å². The highest BCUT2D eigenvalue weighted by molar-refractivity contribution is 5.89. The van der Waals surface area contributed by atoms with Crippen LogP contribution in [0.25, 0.3) is 0 Å². The molecule has 0 fully saturated rings. The molecule has 0 atom stereocenters. The van der Waals surface area contributed by atoms with Gasteiger partial charge < -0.3 is 4.74 Å². The summed E-state index contributed by atoms with van der Waals surface area (Å²) in [6, 6.07) is 15.5. The topological polar surface area (TPSA) is 38.7 Å². The molecule has 2 aromatic carbocycles. The van der Waals surface area contributed by atoms with Crippen molar-refractivity contribution in [3.05, 3.63) is 65.2 Å². The van der Waals surface area contributed by atoms with Gasteiger partial charge in [0.1, 0.15) is 0 Å². The van der Waals surface area contributed by atoms with Crippen molar-refractivity contribution in [3.8, 4) is 0 Å². The second kappa shape index (κ2) is 8.89. The molecule has 0 aliphatic carbocycles. The van der Waals surface area contributed by atoms with Crippen LogP contribution in [-0.2, 0) is 11.2 Å². The summed E-state index contributed by atoms with van der Waals surface area (Å²) in [7, 11) is 0. The van der Waals surface area contributed by atoms with Crippen molar-refractivity contribution in [1.29, 1.82) is 0 Å². The minimum absolute atomic E-state index is 0.250. The number of benzene rings is 2. The Morgan fingerprint density at radius 2 is 1.96 bits per heavy atom. The largest absolute Gasteiger partial charge is 0.462 e. The Labute approximate surface area is 138 Å². The van der Waals surface area contributed by atoms with E-state index in [0.717, 1.165) is 24.9 Å². The molecule has 0 aliphatic rings. The van der Waals surface area contributed by atoms with E-state index in [0.29, 0.717) is 12.2 Å². The Morgan fingerprint density at radius 3 is 2.70 bits per heavy atom. The summed E-state index contributed by atoms with van der Waals surface area (Å²) >= 11 is 0. The summed E-state index contributed by atoms with van der Waals surface area (Å²) in [5.41, 5.74) is 3.97. The zero-order valence-electron chi connectivity index (χ0n) is 13.8. The molecule has 0 radical (unpaired) electrons. The van der Waals surface area contributed by atoms with Crippen molar-refractivity contribution in [2.75, 3.05) is 6.61 Å². The first-order chi connectivity index (χ1) is 11.2. The lowest BCUT2D eigenvalue weighted by molar-refractivity contribution is 0.0502. The molecule has 0 aromatic heterocycles. The number of esters is 1. The third kappa shape index (κ3) is 5.37. The maximum atomic E-state index is 12.0. The fourth-order valence-corrected chi connectivity index (χ4v) is 2.29. The van der Waals surface area contributed by atoms with Crippen LogP contribution < -0.4 is 0 Å². The fraction of sp³-hybridized carbons (Fsp3) is 0.300. The van der Waals surface area contributed by atoms with Crippen molar-refractivity contribution >= 4 is 17.9 Å². The number of para-hydroxylation sites is 1. The Bertz CT molecular complexity index is 663. The van der Waals surface area contributed by atoms with Gasteiger partial charge in [0.15, 0.2) is 0 Å². The lowest BCUT2D eigenvalue weighted by atomic mass is 10.0. The SMILES string of the molecule is CCc1cc(C(=O)OCCCC=Nc2ccccc2)ccc1C. The molecule has 0 saturated heterocycles. The maximum Gasteiger partial charge on any atom is 0.338 e. The fourth-order valence-electron chi connectivity index (χ4n) is 2.29. The number of aliphatic imine (C=N–C) groups is 1. The van der Waals surface area contributed by atoms with E-state index in [1.807, 2.05) is 54.7 Å². The summed E-state index contributed by atoms with van der Waals surface area (Å²) in [6.07, 6.45) is 4.35. The summed E-state index contributed by atoms with van der Waals surface area (Å²) in [5, 5.41) is 0. The average molecular weight is 309 g/mol. The van der Waals surface area contributed by atoms with Crippen molar-refractivity contribution in [3.63, 3.8) is 0 Å². The number of unbranched alkanes of at least 4 members (excludes halogenated alkanes) is 1. The number of carbonyl (C=O) groups excluding carboxylic acids is 1. The van der Waals surface area contributed by atoms with E-state index in [1.54, 1.807) is 0 Å². The van der Waals surface area contributed by atoms with Crippen molar-refractivity contribution in [2.24, 2.45) is 4.99 Å². The van der Waals surface area contributed by atoms with Crippen LogP contribution in [0.4, 0.5) is 5.69 Å². The number of hydrogen-bond acceptors (Lipinski definition) is 3. The van der Waals surface area contributed by atoms with Gasteiger partial charge in [0.05, 0.1) is 17.9 Å². The normalized spacial score (nSPS) is 10.9. The smallest absolute Gasteiger partial charge is 0.338 e. The number of carbonyl (C=O) groups is 1. The van der Waals surface area contributed by atoms with Crippen LogP contribution in [0.15, 0.2) is 53.5 Å². The molecule has 0 saturated carbocycles. The molecule has 0 heterocycles. The molecular weight excluding hydrogens is 286 g/mol. The van der Waals surface area contributed by atoms with E-state index in [-0.39, 0.29) is 5.97 Å². The van der Waals surface area contributed by atoms with Crippen LogP contribution in [0, 0.1) is 6.92 Å². The van der Waals surface area contributed by atoms with Crippen LogP contribution in [-0.4, -0.2) is 18.8 Å². The van der Waals surface area contributed by atoms with E-state index in [9.17, 15) is 4.79 Å². The van der Waals surface area contributed by atoms with Gasteiger partial charge in [-0.25, -0.2) is 4.79 Å². The van der Waals surface area contributed by atoms with Crippen molar-refractivity contribution in [2.45, 2.75) is 33.1 Å². The van der Waals surface area contributed by atoms with Gasteiger partial charge in [0.25, 0.3) is 0 Å². The third-order valence-corrected chi connectivity index (χ3v) is 3.67. The Hall–Kier alpha value is -2.42. The highest BCUT2D eigenvalue weighted by Crippen LogP contribution is 2.13. The predicted octanol–water partition coefficient (Wildman–Crippen LogP) is 4.90. The molecule has 23 heavy (non-hydrogen) atoms. The second-order valence-electron chi connectivity index (χ2n) is 5.42. The van der Waals surface area contributed by atoms with Gasteiger partial charge >= 0.3 is 5.97 Å². The number of hydrogen-bond donors (Lipinski definition) is 0. The summed E-state index contributed by atoms with van der Waals surface area (Å²) in [5.74, 6) is -0.250. The van der Waals surface area contributed by atoms with Gasteiger partial charge in [-0.2, -0.15) is 0 Å². The van der Waals surface area contributed by atoms with E-state index < -0.39 is 0 Å². The molecule has 120 valence electrons. The molecule has 3 nitrogen and oxygen atoms in total. The quantitative estimate of drug-likeness (QED) is 0.414. The summed E-state index contributed by atoms with van der Waals surface area (Å²) < 4.78 is 5.32.